The molecule has 22 heavy (non-hydrogen) atoms. The van der Waals surface area contributed by atoms with Crippen molar-refractivity contribution in [2.45, 2.75) is 25.4 Å². The molecule has 1 aromatic rings. The second-order valence-corrected chi connectivity index (χ2v) is 4.55. The summed E-state index contributed by atoms with van der Waals surface area (Å²) in [7, 11) is 0. The van der Waals surface area contributed by atoms with E-state index in [4.69, 9.17) is 9.84 Å². The fourth-order valence-corrected chi connectivity index (χ4v) is 2.06. The molecule has 1 amide bonds. The Bertz CT molecular complexity index is 671. The van der Waals surface area contributed by atoms with Crippen LogP contribution in [0, 0.1) is 0 Å². The van der Waals surface area contributed by atoms with Gasteiger partial charge in [-0.2, -0.15) is 13.8 Å². The standard InChI is InChI=1S/C12H13F2N3O5/c1-5(19)15-7-2-3-17(12(21)16-7)11-8(10(13)14)9(20)6(4-18)22-11/h2-3,6,9,11,18,20H,4H2,1H3,(H,15,16,19,21)/t6-,9?,11-/m1/s1. The third-order valence-corrected chi connectivity index (χ3v) is 3.03. The highest BCUT2D eigenvalue weighted by molar-refractivity contribution is 5.87. The van der Waals surface area contributed by atoms with Gasteiger partial charge in [0.2, 0.25) is 5.91 Å². The number of hydrogen-bond donors (Lipinski definition) is 3. The number of carbonyl (C=O) groups excluding carboxylic acids is 1. The second-order valence-electron chi connectivity index (χ2n) is 4.55. The van der Waals surface area contributed by atoms with Crippen molar-refractivity contribution < 1.29 is 28.5 Å². The number of rotatable bonds is 3. The Morgan fingerprint density at radius 1 is 1.55 bits per heavy atom. The number of aromatic nitrogens is 2. The van der Waals surface area contributed by atoms with Crippen molar-refractivity contribution in [3.63, 3.8) is 0 Å². The highest BCUT2D eigenvalue weighted by Crippen LogP contribution is 2.36. The number of nitrogens with zero attached hydrogens (tertiary/aromatic N) is 2. The summed E-state index contributed by atoms with van der Waals surface area (Å²) in [4.78, 5) is 26.3. The molecule has 3 atom stereocenters. The molecule has 0 radical (unpaired) electrons. The van der Waals surface area contributed by atoms with Gasteiger partial charge in [-0.25, -0.2) is 4.79 Å². The number of hydrogen-bond acceptors (Lipinski definition) is 6. The van der Waals surface area contributed by atoms with Crippen LogP contribution in [0.2, 0.25) is 0 Å². The lowest BCUT2D eigenvalue weighted by Crippen LogP contribution is -2.29. The molecule has 1 aromatic heterocycles. The summed E-state index contributed by atoms with van der Waals surface area (Å²) < 4.78 is 31.8. The zero-order valence-corrected chi connectivity index (χ0v) is 11.4. The van der Waals surface area contributed by atoms with Crippen molar-refractivity contribution in [3.05, 3.63) is 34.4 Å². The van der Waals surface area contributed by atoms with Crippen molar-refractivity contribution in [3.8, 4) is 0 Å². The first kappa shape index (κ1) is 16.2. The third-order valence-electron chi connectivity index (χ3n) is 3.03. The summed E-state index contributed by atoms with van der Waals surface area (Å²) in [5.74, 6) is -0.495. The van der Waals surface area contributed by atoms with Gasteiger partial charge in [0.15, 0.2) is 6.23 Å². The quantitative estimate of drug-likeness (QED) is 0.699. The smallest absolute Gasteiger partial charge is 0.351 e. The van der Waals surface area contributed by atoms with Crippen LogP contribution in [0.5, 0.6) is 0 Å². The maximum absolute atomic E-state index is 13.0. The monoisotopic (exact) mass is 317 g/mol. The molecule has 8 nitrogen and oxygen atoms in total. The van der Waals surface area contributed by atoms with Crippen LogP contribution in [-0.2, 0) is 9.53 Å². The van der Waals surface area contributed by atoms with Gasteiger partial charge in [-0.05, 0) is 6.07 Å². The fraction of sp³-hybridized carbons (Fsp3) is 0.417. The Morgan fingerprint density at radius 2 is 2.23 bits per heavy atom. The van der Waals surface area contributed by atoms with Gasteiger partial charge < -0.3 is 20.3 Å². The average Bonchev–Trinajstić information content (AvgIpc) is 2.75. The molecule has 1 unspecified atom stereocenters. The van der Waals surface area contributed by atoms with Crippen LogP contribution >= 0.6 is 0 Å². The zero-order valence-electron chi connectivity index (χ0n) is 11.4. The van der Waals surface area contributed by atoms with E-state index in [1.165, 1.54) is 13.0 Å². The highest BCUT2D eigenvalue weighted by Gasteiger charge is 2.43. The lowest BCUT2D eigenvalue weighted by Gasteiger charge is -2.15. The lowest BCUT2D eigenvalue weighted by molar-refractivity contribution is -0.114. The normalized spacial score (nSPS) is 24.4. The second kappa shape index (κ2) is 6.30. The van der Waals surface area contributed by atoms with Crippen LogP contribution in [-0.4, -0.2) is 44.5 Å². The summed E-state index contributed by atoms with van der Waals surface area (Å²) in [6.07, 6.45) is -5.69. The minimum atomic E-state index is -2.20. The van der Waals surface area contributed by atoms with E-state index in [-0.39, 0.29) is 5.82 Å². The molecular weight excluding hydrogens is 304 g/mol. The molecule has 2 rings (SSSR count). The number of halogens is 2. The molecular formula is C12H13F2N3O5. The van der Waals surface area contributed by atoms with Crippen molar-refractivity contribution in [1.82, 2.24) is 9.55 Å². The van der Waals surface area contributed by atoms with Gasteiger partial charge in [0, 0.05) is 13.1 Å². The van der Waals surface area contributed by atoms with Crippen LogP contribution < -0.4 is 11.0 Å². The Kier molecular flexibility index (Phi) is 4.64. The molecule has 0 aliphatic carbocycles. The van der Waals surface area contributed by atoms with Crippen molar-refractivity contribution >= 4 is 11.7 Å². The topological polar surface area (TPSA) is 114 Å². The van der Waals surface area contributed by atoms with Crippen molar-refractivity contribution in [2.24, 2.45) is 0 Å². The minimum absolute atomic E-state index is 0.0442. The van der Waals surface area contributed by atoms with Crippen LogP contribution in [0.4, 0.5) is 14.6 Å². The molecule has 3 N–H and O–H groups in total. The fourth-order valence-electron chi connectivity index (χ4n) is 2.06. The summed E-state index contributed by atoms with van der Waals surface area (Å²) in [6.45, 7) is 0.523. The van der Waals surface area contributed by atoms with Crippen LogP contribution in [0.1, 0.15) is 13.2 Å². The average molecular weight is 317 g/mol. The zero-order chi connectivity index (χ0) is 16.4. The van der Waals surface area contributed by atoms with Gasteiger partial charge in [-0.3, -0.25) is 9.36 Å². The van der Waals surface area contributed by atoms with E-state index in [9.17, 15) is 23.5 Å². The Labute approximate surface area is 122 Å². The van der Waals surface area contributed by atoms with Crippen molar-refractivity contribution in [1.29, 1.82) is 0 Å². The maximum atomic E-state index is 13.0. The van der Waals surface area contributed by atoms with E-state index in [0.717, 1.165) is 10.8 Å². The molecule has 120 valence electrons. The van der Waals surface area contributed by atoms with E-state index in [2.05, 4.69) is 10.3 Å². The third kappa shape index (κ3) is 3.03. The van der Waals surface area contributed by atoms with Gasteiger partial charge in [0.05, 0.1) is 12.2 Å². The van der Waals surface area contributed by atoms with E-state index in [1.54, 1.807) is 0 Å². The molecule has 0 spiro atoms. The summed E-state index contributed by atoms with van der Waals surface area (Å²) in [5, 5.41) is 21.0. The van der Waals surface area contributed by atoms with Crippen LogP contribution in [0.15, 0.2) is 28.7 Å². The predicted molar refractivity (Wildman–Crippen MR) is 69.0 cm³/mol. The first-order valence-electron chi connectivity index (χ1n) is 6.21. The number of amides is 1. The Morgan fingerprint density at radius 3 is 2.73 bits per heavy atom. The number of anilines is 1. The van der Waals surface area contributed by atoms with Gasteiger partial charge in [0.1, 0.15) is 18.0 Å². The molecule has 0 saturated carbocycles. The molecule has 1 saturated heterocycles. The van der Waals surface area contributed by atoms with Gasteiger partial charge in [-0.15, -0.1) is 0 Å². The lowest BCUT2D eigenvalue weighted by atomic mass is 10.1. The van der Waals surface area contributed by atoms with E-state index < -0.39 is 48.3 Å². The van der Waals surface area contributed by atoms with Gasteiger partial charge >= 0.3 is 5.69 Å². The van der Waals surface area contributed by atoms with E-state index in [0.29, 0.717) is 0 Å². The number of nitrogens with one attached hydrogen (secondary N) is 1. The molecule has 0 bridgehead atoms. The molecule has 1 aliphatic heterocycles. The van der Waals surface area contributed by atoms with Gasteiger partial charge in [-0.1, -0.05) is 0 Å². The van der Waals surface area contributed by atoms with Crippen LogP contribution in [0.3, 0.4) is 0 Å². The largest absolute Gasteiger partial charge is 0.394 e. The SMILES string of the molecule is CC(=O)Nc1ccn([C@@H]2O[C@H](CO)C(O)C2=C(F)F)c(=O)n1. The van der Waals surface area contributed by atoms with E-state index >= 15 is 0 Å². The molecule has 2 heterocycles. The number of aliphatic hydroxyl groups excluding tert-OH is 2. The maximum Gasteiger partial charge on any atom is 0.351 e. The van der Waals surface area contributed by atoms with Crippen LogP contribution in [0.25, 0.3) is 0 Å². The Balaban J connectivity index is 2.41. The summed E-state index contributed by atoms with van der Waals surface area (Å²) in [6, 6.07) is 1.22. The Hall–Kier alpha value is -2.17. The molecule has 1 aliphatic rings. The summed E-state index contributed by atoms with van der Waals surface area (Å²) in [5.41, 5.74) is -1.77. The minimum Gasteiger partial charge on any atom is -0.394 e. The first-order chi connectivity index (χ1) is 10.3. The number of ether oxygens (including phenoxy) is 1. The number of aliphatic hydroxyl groups is 2. The van der Waals surface area contributed by atoms with E-state index in [1.807, 2.05) is 0 Å². The van der Waals surface area contributed by atoms with Crippen molar-refractivity contribution in [2.75, 3.05) is 11.9 Å². The highest BCUT2D eigenvalue weighted by atomic mass is 19.3. The summed E-state index contributed by atoms with van der Waals surface area (Å²) >= 11 is 0. The first-order valence-corrected chi connectivity index (χ1v) is 6.21. The molecule has 0 aromatic carbocycles. The number of carbonyl (C=O) groups is 1. The molecule has 10 heteroatoms. The molecule has 1 fully saturated rings. The van der Waals surface area contributed by atoms with Gasteiger partial charge in [0.25, 0.3) is 6.08 Å². The predicted octanol–water partition coefficient (Wildman–Crippen LogP) is -0.397.